The van der Waals surface area contributed by atoms with Gasteiger partial charge >= 0.3 is 5.82 Å². The van der Waals surface area contributed by atoms with Crippen molar-refractivity contribution in [2.45, 2.75) is 13.5 Å². The van der Waals surface area contributed by atoms with Crippen LogP contribution in [0.5, 0.6) is 0 Å². The molecule has 0 aromatic carbocycles. The number of hydrogen-bond donors (Lipinski definition) is 0. The number of hydrogen-bond acceptors (Lipinski definition) is 6. The SMILES string of the molecule is Cc1c(C(=O)/C=C/c2ccc(Cn3ccc([N+](=O)[O-])n3)o2)cnn1C. The van der Waals surface area contributed by atoms with Gasteiger partial charge in [0.05, 0.1) is 29.1 Å². The van der Waals surface area contributed by atoms with Crippen molar-refractivity contribution in [2.75, 3.05) is 0 Å². The van der Waals surface area contributed by atoms with E-state index in [1.54, 1.807) is 29.9 Å². The number of ketones is 1. The summed E-state index contributed by atoms with van der Waals surface area (Å²) in [5, 5.41) is 18.5. The highest BCUT2D eigenvalue weighted by Crippen LogP contribution is 2.14. The molecule has 0 aliphatic rings. The molecule has 0 radical (unpaired) electrons. The third kappa shape index (κ3) is 3.55. The largest absolute Gasteiger partial charge is 0.460 e. The van der Waals surface area contributed by atoms with E-state index in [9.17, 15) is 14.9 Å². The number of aryl methyl sites for hydroxylation is 1. The van der Waals surface area contributed by atoms with Crippen molar-refractivity contribution in [3.63, 3.8) is 0 Å². The van der Waals surface area contributed by atoms with Crippen LogP contribution in [-0.2, 0) is 13.6 Å². The molecular formula is C16H15N5O4. The molecule has 0 unspecified atom stereocenters. The molecule has 0 atom stereocenters. The maximum atomic E-state index is 12.2. The first kappa shape index (κ1) is 16.4. The average molecular weight is 341 g/mol. The van der Waals surface area contributed by atoms with Gasteiger partial charge in [-0.3, -0.25) is 9.48 Å². The Hall–Kier alpha value is -3.49. The highest BCUT2D eigenvalue weighted by atomic mass is 16.6. The van der Waals surface area contributed by atoms with E-state index in [0.29, 0.717) is 17.1 Å². The van der Waals surface area contributed by atoms with E-state index in [1.807, 2.05) is 6.92 Å². The minimum absolute atomic E-state index is 0.161. The Kier molecular flexibility index (Phi) is 4.29. The number of nitrogens with zero attached hydrogens (tertiary/aromatic N) is 5. The Bertz CT molecular complexity index is 963. The van der Waals surface area contributed by atoms with E-state index in [2.05, 4.69) is 10.2 Å². The van der Waals surface area contributed by atoms with Crippen LogP contribution in [0.15, 0.2) is 41.1 Å². The summed E-state index contributed by atoms with van der Waals surface area (Å²) in [7, 11) is 1.77. The predicted molar refractivity (Wildman–Crippen MR) is 88.0 cm³/mol. The molecule has 0 saturated carbocycles. The second-order valence-corrected chi connectivity index (χ2v) is 5.40. The quantitative estimate of drug-likeness (QED) is 0.295. The van der Waals surface area contributed by atoms with Crippen LogP contribution in [0.2, 0.25) is 0 Å². The summed E-state index contributed by atoms with van der Waals surface area (Å²) in [4.78, 5) is 22.2. The van der Waals surface area contributed by atoms with E-state index in [1.165, 1.54) is 29.2 Å². The highest BCUT2D eigenvalue weighted by Gasteiger charge is 2.13. The predicted octanol–water partition coefficient (Wildman–Crippen LogP) is 2.37. The Morgan fingerprint density at radius 1 is 1.40 bits per heavy atom. The zero-order valence-electron chi connectivity index (χ0n) is 13.6. The minimum Gasteiger partial charge on any atom is -0.460 e. The molecule has 0 bridgehead atoms. The number of nitro groups is 1. The molecular weight excluding hydrogens is 326 g/mol. The number of allylic oxidation sites excluding steroid dienone is 1. The van der Waals surface area contributed by atoms with Gasteiger partial charge in [0.15, 0.2) is 5.78 Å². The number of carbonyl (C=O) groups excluding carboxylic acids is 1. The first-order chi connectivity index (χ1) is 11.9. The minimum atomic E-state index is -0.557. The van der Waals surface area contributed by atoms with E-state index in [-0.39, 0.29) is 18.1 Å². The molecule has 3 heterocycles. The molecule has 0 fully saturated rings. The van der Waals surface area contributed by atoms with Crippen LogP contribution >= 0.6 is 0 Å². The van der Waals surface area contributed by atoms with Crippen molar-refractivity contribution >= 4 is 17.7 Å². The van der Waals surface area contributed by atoms with Gasteiger partial charge in [0.2, 0.25) is 0 Å². The fourth-order valence-corrected chi connectivity index (χ4v) is 2.25. The number of rotatable bonds is 6. The van der Waals surface area contributed by atoms with Gasteiger partial charge in [-0.2, -0.15) is 9.78 Å². The van der Waals surface area contributed by atoms with Gasteiger partial charge in [-0.1, -0.05) is 0 Å². The molecule has 25 heavy (non-hydrogen) atoms. The maximum absolute atomic E-state index is 12.2. The van der Waals surface area contributed by atoms with Gasteiger partial charge in [0.1, 0.15) is 18.1 Å². The average Bonchev–Trinajstić information content (AvgIpc) is 3.28. The van der Waals surface area contributed by atoms with Crippen molar-refractivity contribution in [2.24, 2.45) is 7.05 Å². The van der Waals surface area contributed by atoms with Crippen LogP contribution in [0.1, 0.15) is 27.6 Å². The summed E-state index contributed by atoms with van der Waals surface area (Å²) in [6, 6.07) is 4.76. The van der Waals surface area contributed by atoms with Gasteiger partial charge in [0.25, 0.3) is 0 Å². The van der Waals surface area contributed by atoms with Gasteiger partial charge in [-0.05, 0) is 36.1 Å². The fourth-order valence-electron chi connectivity index (χ4n) is 2.25. The normalized spacial score (nSPS) is 11.3. The molecule has 3 rings (SSSR count). The topological polar surface area (TPSA) is 109 Å². The van der Waals surface area contributed by atoms with Crippen LogP contribution in [0.25, 0.3) is 6.08 Å². The van der Waals surface area contributed by atoms with Crippen molar-refractivity contribution in [1.29, 1.82) is 0 Å². The maximum Gasteiger partial charge on any atom is 0.389 e. The van der Waals surface area contributed by atoms with Crippen LogP contribution < -0.4 is 0 Å². The standard InChI is InChI=1S/C16H15N5O4/c1-11-14(9-17-19(11)2)15(22)6-5-12-3-4-13(25-12)10-20-8-7-16(18-20)21(23)24/h3-9H,10H2,1-2H3/b6-5+. The second-order valence-electron chi connectivity index (χ2n) is 5.40. The van der Waals surface area contributed by atoms with Crippen molar-refractivity contribution in [3.05, 3.63) is 69.6 Å². The van der Waals surface area contributed by atoms with Gasteiger partial charge < -0.3 is 14.5 Å². The highest BCUT2D eigenvalue weighted by molar-refractivity contribution is 6.07. The number of carbonyl (C=O) groups is 1. The van der Waals surface area contributed by atoms with Crippen molar-refractivity contribution in [1.82, 2.24) is 19.6 Å². The number of furan rings is 1. The molecule has 3 aromatic rings. The third-order valence-electron chi connectivity index (χ3n) is 3.71. The van der Waals surface area contributed by atoms with Crippen LogP contribution in [0.3, 0.4) is 0 Å². The summed E-state index contributed by atoms with van der Waals surface area (Å²) < 4.78 is 8.63. The lowest BCUT2D eigenvalue weighted by Crippen LogP contribution is -2.00. The molecule has 9 nitrogen and oxygen atoms in total. The zero-order chi connectivity index (χ0) is 18.0. The molecule has 9 heteroatoms. The lowest BCUT2D eigenvalue weighted by atomic mass is 10.1. The molecule has 0 spiro atoms. The third-order valence-corrected chi connectivity index (χ3v) is 3.71. The van der Waals surface area contributed by atoms with Gasteiger partial charge in [-0.25, -0.2) is 0 Å². The van der Waals surface area contributed by atoms with Crippen molar-refractivity contribution < 1.29 is 14.1 Å². The Labute approximate surface area is 142 Å². The summed E-state index contributed by atoms with van der Waals surface area (Å²) in [5.41, 5.74) is 1.32. The van der Waals surface area contributed by atoms with E-state index < -0.39 is 4.92 Å². The Morgan fingerprint density at radius 2 is 2.20 bits per heavy atom. The molecule has 0 aliphatic heterocycles. The Morgan fingerprint density at radius 3 is 2.84 bits per heavy atom. The zero-order valence-corrected chi connectivity index (χ0v) is 13.6. The summed E-state index contributed by atoms with van der Waals surface area (Å²) in [6.07, 6.45) is 6.03. The smallest absolute Gasteiger partial charge is 0.389 e. The van der Waals surface area contributed by atoms with E-state index in [0.717, 1.165) is 5.69 Å². The monoisotopic (exact) mass is 341 g/mol. The Balaban J connectivity index is 1.67. The molecule has 0 N–H and O–H groups in total. The molecule has 0 saturated heterocycles. The summed E-state index contributed by atoms with van der Waals surface area (Å²) in [5.74, 6) is 0.699. The van der Waals surface area contributed by atoms with E-state index >= 15 is 0 Å². The second kappa shape index (κ2) is 6.56. The first-order valence-electron chi connectivity index (χ1n) is 7.41. The van der Waals surface area contributed by atoms with Crippen LogP contribution in [0, 0.1) is 17.0 Å². The number of aromatic nitrogens is 4. The molecule has 128 valence electrons. The molecule has 0 amide bonds. The summed E-state index contributed by atoms with van der Waals surface area (Å²) in [6.45, 7) is 2.08. The first-order valence-corrected chi connectivity index (χ1v) is 7.41. The lowest BCUT2D eigenvalue weighted by molar-refractivity contribution is -0.389. The van der Waals surface area contributed by atoms with Crippen molar-refractivity contribution in [3.8, 4) is 0 Å². The van der Waals surface area contributed by atoms with Crippen LogP contribution in [-0.4, -0.2) is 30.3 Å². The van der Waals surface area contributed by atoms with Gasteiger partial charge in [-0.15, -0.1) is 0 Å². The van der Waals surface area contributed by atoms with Gasteiger partial charge in [0, 0.05) is 12.7 Å². The van der Waals surface area contributed by atoms with Crippen LogP contribution in [0.4, 0.5) is 5.82 Å². The lowest BCUT2D eigenvalue weighted by Gasteiger charge is -1.95. The fraction of sp³-hybridized carbons (Fsp3) is 0.188. The molecule has 0 aliphatic carbocycles. The molecule has 3 aromatic heterocycles. The summed E-state index contributed by atoms with van der Waals surface area (Å²) >= 11 is 0. The van der Waals surface area contributed by atoms with E-state index in [4.69, 9.17) is 4.42 Å².